The largest absolute Gasteiger partial charge is 0.347 e. The molecule has 1 aromatic carbocycles. The number of aromatic nitrogens is 2. The molecule has 17 heavy (non-hydrogen) atoms. The summed E-state index contributed by atoms with van der Waals surface area (Å²) in [7, 11) is 0. The first kappa shape index (κ1) is 11.6. The maximum atomic E-state index is 13.4. The number of imidazole rings is 1. The highest BCUT2D eigenvalue weighted by molar-refractivity contribution is 6.33. The third-order valence-corrected chi connectivity index (χ3v) is 2.48. The predicted octanol–water partition coefficient (Wildman–Crippen LogP) is 2.13. The number of aromatic amines is 1. The highest BCUT2D eigenvalue weighted by atomic mass is 35.5. The van der Waals surface area contributed by atoms with Crippen LogP contribution in [0.3, 0.4) is 0 Å². The molecular weight excluding hydrogens is 245 g/mol. The van der Waals surface area contributed by atoms with Gasteiger partial charge in [0.25, 0.3) is 5.91 Å². The number of H-pyrrole nitrogens is 1. The van der Waals surface area contributed by atoms with Gasteiger partial charge in [-0.2, -0.15) is 0 Å². The van der Waals surface area contributed by atoms with Crippen molar-refractivity contribution in [2.24, 2.45) is 0 Å². The summed E-state index contributed by atoms with van der Waals surface area (Å²) in [6, 6.07) is 4.10. The van der Waals surface area contributed by atoms with Crippen molar-refractivity contribution in [3.8, 4) is 0 Å². The normalized spacial score (nSPS) is 10.2. The lowest BCUT2D eigenvalue weighted by Gasteiger charge is -2.06. The Bertz CT molecular complexity index is 507. The molecule has 0 spiro atoms. The van der Waals surface area contributed by atoms with Gasteiger partial charge in [-0.05, 0) is 12.1 Å². The molecule has 0 saturated heterocycles. The van der Waals surface area contributed by atoms with Gasteiger partial charge in [-0.3, -0.25) is 4.79 Å². The Morgan fingerprint density at radius 2 is 2.35 bits per heavy atom. The van der Waals surface area contributed by atoms with E-state index in [1.807, 2.05) is 0 Å². The summed E-state index contributed by atoms with van der Waals surface area (Å²) in [4.78, 5) is 18.5. The van der Waals surface area contributed by atoms with Crippen LogP contribution in [0.2, 0.25) is 5.02 Å². The molecule has 2 N–H and O–H groups in total. The standard InChI is InChI=1S/C11H9ClFN3O/c12-7-2-1-3-8(13)10(7)11(17)16-6-9-14-4-5-15-9/h1-5H,6H2,(H,14,15)(H,16,17). The van der Waals surface area contributed by atoms with Crippen molar-refractivity contribution < 1.29 is 9.18 Å². The van der Waals surface area contributed by atoms with Crippen molar-refractivity contribution in [3.05, 3.63) is 52.8 Å². The number of rotatable bonds is 3. The summed E-state index contributed by atoms with van der Waals surface area (Å²) in [5.41, 5.74) is -0.152. The Hall–Kier alpha value is -1.88. The summed E-state index contributed by atoms with van der Waals surface area (Å²) >= 11 is 5.76. The van der Waals surface area contributed by atoms with Crippen LogP contribution in [0.1, 0.15) is 16.2 Å². The molecule has 0 aliphatic heterocycles. The molecule has 0 aliphatic rings. The van der Waals surface area contributed by atoms with E-state index in [0.717, 1.165) is 0 Å². The molecule has 0 atom stereocenters. The molecule has 1 heterocycles. The number of hydrogen-bond donors (Lipinski definition) is 2. The summed E-state index contributed by atoms with van der Waals surface area (Å²) in [6.07, 6.45) is 3.20. The van der Waals surface area contributed by atoms with Crippen molar-refractivity contribution in [3.63, 3.8) is 0 Å². The number of benzene rings is 1. The number of hydrogen-bond acceptors (Lipinski definition) is 2. The summed E-state index contributed by atoms with van der Waals surface area (Å²) in [6.45, 7) is 0.191. The Morgan fingerprint density at radius 1 is 1.53 bits per heavy atom. The Kier molecular flexibility index (Phi) is 3.39. The molecule has 0 saturated carbocycles. The number of halogens is 2. The van der Waals surface area contributed by atoms with Gasteiger partial charge in [0.05, 0.1) is 17.1 Å². The predicted molar refractivity (Wildman–Crippen MR) is 61.2 cm³/mol. The molecule has 0 aliphatic carbocycles. The molecule has 6 heteroatoms. The first-order chi connectivity index (χ1) is 8.18. The second-order valence-corrected chi connectivity index (χ2v) is 3.72. The Balaban J connectivity index is 2.10. The van der Waals surface area contributed by atoms with Gasteiger partial charge in [0.2, 0.25) is 0 Å². The number of amides is 1. The first-order valence-electron chi connectivity index (χ1n) is 4.89. The quantitative estimate of drug-likeness (QED) is 0.880. The number of nitrogens with zero attached hydrogens (tertiary/aromatic N) is 1. The van der Waals surface area contributed by atoms with Crippen molar-refractivity contribution in [1.82, 2.24) is 15.3 Å². The van der Waals surface area contributed by atoms with Crippen LogP contribution in [0.15, 0.2) is 30.6 Å². The molecule has 0 radical (unpaired) electrons. The zero-order chi connectivity index (χ0) is 12.3. The molecule has 2 aromatic rings. The molecule has 0 unspecified atom stereocenters. The lowest BCUT2D eigenvalue weighted by atomic mass is 10.2. The fourth-order valence-electron chi connectivity index (χ4n) is 1.36. The van der Waals surface area contributed by atoms with E-state index in [9.17, 15) is 9.18 Å². The highest BCUT2D eigenvalue weighted by Crippen LogP contribution is 2.18. The second kappa shape index (κ2) is 4.97. The van der Waals surface area contributed by atoms with Crippen LogP contribution in [0.5, 0.6) is 0 Å². The van der Waals surface area contributed by atoms with E-state index in [0.29, 0.717) is 5.82 Å². The van der Waals surface area contributed by atoms with E-state index < -0.39 is 11.7 Å². The van der Waals surface area contributed by atoms with Crippen LogP contribution in [0.4, 0.5) is 4.39 Å². The van der Waals surface area contributed by atoms with Gasteiger partial charge in [-0.1, -0.05) is 17.7 Å². The molecular formula is C11H9ClFN3O. The Labute approximate surface area is 102 Å². The van der Waals surface area contributed by atoms with Gasteiger partial charge in [-0.25, -0.2) is 9.37 Å². The molecule has 88 valence electrons. The smallest absolute Gasteiger partial charge is 0.256 e. The van der Waals surface area contributed by atoms with Crippen molar-refractivity contribution >= 4 is 17.5 Å². The lowest BCUT2D eigenvalue weighted by Crippen LogP contribution is -2.24. The number of nitrogens with one attached hydrogen (secondary N) is 2. The zero-order valence-electron chi connectivity index (χ0n) is 8.71. The highest BCUT2D eigenvalue weighted by Gasteiger charge is 2.15. The Morgan fingerprint density at radius 3 is 3.00 bits per heavy atom. The molecule has 0 bridgehead atoms. The van der Waals surface area contributed by atoms with Crippen molar-refractivity contribution in [1.29, 1.82) is 0 Å². The van der Waals surface area contributed by atoms with Gasteiger partial charge in [0, 0.05) is 12.4 Å². The van der Waals surface area contributed by atoms with E-state index >= 15 is 0 Å². The number of carbonyl (C=O) groups excluding carboxylic acids is 1. The summed E-state index contributed by atoms with van der Waals surface area (Å²) < 4.78 is 13.4. The first-order valence-corrected chi connectivity index (χ1v) is 5.26. The van der Waals surface area contributed by atoms with Gasteiger partial charge in [0.15, 0.2) is 0 Å². The van der Waals surface area contributed by atoms with E-state index in [2.05, 4.69) is 15.3 Å². The third-order valence-electron chi connectivity index (χ3n) is 2.16. The van der Waals surface area contributed by atoms with Crippen LogP contribution in [-0.2, 0) is 6.54 Å². The topological polar surface area (TPSA) is 57.8 Å². The minimum atomic E-state index is -0.644. The minimum Gasteiger partial charge on any atom is -0.347 e. The molecule has 1 amide bonds. The second-order valence-electron chi connectivity index (χ2n) is 3.32. The maximum absolute atomic E-state index is 13.4. The SMILES string of the molecule is O=C(NCc1ncc[nH]1)c1c(F)cccc1Cl. The van der Waals surface area contributed by atoms with Gasteiger partial charge in [0.1, 0.15) is 11.6 Å². The van der Waals surface area contributed by atoms with E-state index in [1.54, 1.807) is 12.4 Å². The van der Waals surface area contributed by atoms with Crippen molar-refractivity contribution in [2.45, 2.75) is 6.54 Å². The fourth-order valence-corrected chi connectivity index (χ4v) is 1.61. The van der Waals surface area contributed by atoms with Crippen LogP contribution in [0, 0.1) is 5.82 Å². The average Bonchev–Trinajstić information content (AvgIpc) is 2.79. The van der Waals surface area contributed by atoms with Gasteiger partial charge < -0.3 is 10.3 Å². The fraction of sp³-hybridized carbons (Fsp3) is 0.0909. The van der Waals surface area contributed by atoms with Crippen LogP contribution in [0.25, 0.3) is 0 Å². The molecule has 4 nitrogen and oxygen atoms in total. The molecule has 0 fully saturated rings. The maximum Gasteiger partial charge on any atom is 0.256 e. The summed E-state index contributed by atoms with van der Waals surface area (Å²) in [5, 5.41) is 2.61. The zero-order valence-corrected chi connectivity index (χ0v) is 9.46. The monoisotopic (exact) mass is 253 g/mol. The summed E-state index contributed by atoms with van der Waals surface area (Å²) in [5.74, 6) is -0.621. The van der Waals surface area contributed by atoms with Crippen molar-refractivity contribution in [2.75, 3.05) is 0 Å². The van der Waals surface area contributed by atoms with Gasteiger partial charge >= 0.3 is 0 Å². The van der Waals surface area contributed by atoms with E-state index in [-0.39, 0.29) is 17.1 Å². The van der Waals surface area contributed by atoms with E-state index in [4.69, 9.17) is 11.6 Å². The average molecular weight is 254 g/mol. The van der Waals surface area contributed by atoms with E-state index in [1.165, 1.54) is 18.2 Å². The number of carbonyl (C=O) groups is 1. The third kappa shape index (κ3) is 2.62. The molecule has 1 aromatic heterocycles. The van der Waals surface area contributed by atoms with Crippen LogP contribution >= 0.6 is 11.6 Å². The van der Waals surface area contributed by atoms with Crippen LogP contribution in [-0.4, -0.2) is 15.9 Å². The minimum absolute atomic E-state index is 0.0851. The van der Waals surface area contributed by atoms with Gasteiger partial charge in [-0.15, -0.1) is 0 Å². The van der Waals surface area contributed by atoms with Crippen LogP contribution < -0.4 is 5.32 Å². The molecule has 2 rings (SSSR count). The lowest BCUT2D eigenvalue weighted by molar-refractivity contribution is 0.0946.